The quantitative estimate of drug-likeness (QED) is 0.696. The van der Waals surface area contributed by atoms with Gasteiger partial charge >= 0.3 is 0 Å². The van der Waals surface area contributed by atoms with Crippen molar-refractivity contribution in [3.05, 3.63) is 59.2 Å². The Balaban J connectivity index is 1.65. The molecule has 1 saturated heterocycles. The van der Waals surface area contributed by atoms with Crippen LogP contribution >= 0.6 is 0 Å². The summed E-state index contributed by atoms with van der Waals surface area (Å²) in [7, 11) is -1.97. The molecule has 0 atom stereocenters. The molecule has 30 heavy (non-hydrogen) atoms. The van der Waals surface area contributed by atoms with E-state index in [2.05, 4.69) is 5.32 Å². The zero-order valence-corrected chi connectivity index (χ0v) is 18.5. The van der Waals surface area contributed by atoms with Crippen molar-refractivity contribution in [2.75, 3.05) is 20.2 Å². The molecule has 1 aliphatic heterocycles. The predicted octanol–water partition coefficient (Wildman–Crippen LogP) is 3.43. The van der Waals surface area contributed by atoms with Gasteiger partial charge in [0.05, 0.1) is 12.0 Å². The molecule has 0 radical (unpaired) electrons. The number of methoxy groups -OCH3 is 1. The molecule has 0 aliphatic carbocycles. The minimum atomic E-state index is -3.52. The van der Waals surface area contributed by atoms with Crippen LogP contribution < -0.4 is 10.1 Å². The molecule has 0 unspecified atom stereocenters. The van der Waals surface area contributed by atoms with E-state index in [0.717, 1.165) is 30.4 Å². The fraction of sp³-hybridized carbons (Fsp3) is 0.435. The molecule has 1 amide bonds. The number of carbonyl (C=O) groups excluding carboxylic acids is 1. The third kappa shape index (κ3) is 5.61. The first-order valence-electron chi connectivity index (χ1n) is 10.4. The maximum absolute atomic E-state index is 13.0. The Morgan fingerprint density at radius 2 is 1.77 bits per heavy atom. The van der Waals surface area contributed by atoms with E-state index >= 15 is 0 Å². The zero-order valence-electron chi connectivity index (χ0n) is 17.7. The molecule has 0 saturated carbocycles. The van der Waals surface area contributed by atoms with Crippen molar-refractivity contribution < 1.29 is 17.9 Å². The second kappa shape index (κ2) is 10.1. The first-order valence-corrected chi connectivity index (χ1v) is 11.8. The highest BCUT2D eigenvalue weighted by molar-refractivity contribution is 7.89. The van der Waals surface area contributed by atoms with Crippen LogP contribution in [-0.2, 0) is 27.8 Å². The summed E-state index contributed by atoms with van der Waals surface area (Å²) in [5.41, 5.74) is 2.94. The highest BCUT2D eigenvalue weighted by Crippen LogP contribution is 2.27. The monoisotopic (exact) mass is 430 g/mol. The number of hydrogen-bond donors (Lipinski definition) is 1. The zero-order chi connectivity index (χ0) is 21.6. The van der Waals surface area contributed by atoms with E-state index in [-0.39, 0.29) is 17.2 Å². The standard InChI is InChI=1S/C23H30N2O4S/c1-18-6-8-19(9-7-18)17-24-23(26)13-10-20-16-21(11-12-22(20)29-2)30(27,28)25-14-4-3-5-15-25/h6-9,11-12,16H,3-5,10,13-15,17H2,1-2H3,(H,24,26). The Morgan fingerprint density at radius 1 is 1.07 bits per heavy atom. The van der Waals surface area contributed by atoms with E-state index in [1.165, 1.54) is 5.56 Å². The van der Waals surface area contributed by atoms with Crippen LogP contribution in [0.5, 0.6) is 5.75 Å². The van der Waals surface area contributed by atoms with Crippen LogP contribution in [-0.4, -0.2) is 38.8 Å². The van der Waals surface area contributed by atoms with Crippen LogP contribution in [0.15, 0.2) is 47.4 Å². The van der Waals surface area contributed by atoms with Gasteiger partial charge in [0.1, 0.15) is 5.75 Å². The van der Waals surface area contributed by atoms with Gasteiger partial charge in [0.15, 0.2) is 0 Å². The summed E-state index contributed by atoms with van der Waals surface area (Å²) in [5, 5.41) is 2.92. The topological polar surface area (TPSA) is 75.7 Å². The molecule has 0 aromatic heterocycles. The van der Waals surface area contributed by atoms with Crippen molar-refractivity contribution in [2.45, 2.75) is 50.5 Å². The van der Waals surface area contributed by atoms with Crippen molar-refractivity contribution in [1.82, 2.24) is 9.62 Å². The molecule has 1 aliphatic rings. The smallest absolute Gasteiger partial charge is 0.243 e. The maximum atomic E-state index is 13.0. The number of nitrogens with one attached hydrogen (secondary N) is 1. The minimum Gasteiger partial charge on any atom is -0.496 e. The van der Waals surface area contributed by atoms with Crippen LogP contribution in [0.4, 0.5) is 0 Å². The number of piperidine rings is 1. The fourth-order valence-corrected chi connectivity index (χ4v) is 5.18. The Hall–Kier alpha value is -2.38. The summed E-state index contributed by atoms with van der Waals surface area (Å²) in [4.78, 5) is 12.6. The van der Waals surface area contributed by atoms with Gasteiger partial charge in [-0.25, -0.2) is 8.42 Å². The number of rotatable bonds is 8. The minimum absolute atomic E-state index is 0.0816. The average molecular weight is 431 g/mol. The molecule has 0 bridgehead atoms. The highest BCUT2D eigenvalue weighted by Gasteiger charge is 2.26. The maximum Gasteiger partial charge on any atom is 0.243 e. The summed E-state index contributed by atoms with van der Waals surface area (Å²) in [6.07, 6.45) is 3.52. The molecule has 1 heterocycles. The van der Waals surface area contributed by atoms with E-state index in [4.69, 9.17) is 4.74 Å². The Morgan fingerprint density at radius 3 is 2.43 bits per heavy atom. The van der Waals surface area contributed by atoms with Gasteiger partial charge < -0.3 is 10.1 Å². The van der Waals surface area contributed by atoms with Gasteiger partial charge in [-0.3, -0.25) is 4.79 Å². The highest BCUT2D eigenvalue weighted by atomic mass is 32.2. The lowest BCUT2D eigenvalue weighted by Gasteiger charge is -2.26. The lowest BCUT2D eigenvalue weighted by atomic mass is 10.1. The van der Waals surface area contributed by atoms with E-state index in [1.807, 2.05) is 31.2 Å². The predicted molar refractivity (Wildman–Crippen MR) is 117 cm³/mol. The number of ether oxygens (including phenoxy) is 1. The van der Waals surface area contributed by atoms with Crippen LogP contribution in [0.1, 0.15) is 42.4 Å². The molecule has 2 aromatic carbocycles. The first-order chi connectivity index (χ1) is 14.4. The summed E-state index contributed by atoms with van der Waals surface area (Å²) in [6, 6.07) is 12.9. The Bertz CT molecular complexity index is 965. The molecular formula is C23H30N2O4S. The van der Waals surface area contributed by atoms with Crippen molar-refractivity contribution in [1.29, 1.82) is 0 Å². The van der Waals surface area contributed by atoms with Crippen LogP contribution in [0.25, 0.3) is 0 Å². The molecule has 6 nitrogen and oxygen atoms in total. The van der Waals surface area contributed by atoms with Crippen LogP contribution in [0, 0.1) is 6.92 Å². The van der Waals surface area contributed by atoms with Crippen molar-refractivity contribution in [3.63, 3.8) is 0 Å². The normalized spacial score (nSPS) is 15.0. The van der Waals surface area contributed by atoms with Gasteiger partial charge in [0.25, 0.3) is 0 Å². The molecule has 2 aromatic rings. The van der Waals surface area contributed by atoms with Crippen molar-refractivity contribution in [2.24, 2.45) is 0 Å². The second-order valence-electron chi connectivity index (χ2n) is 7.70. The van der Waals surface area contributed by atoms with Gasteiger partial charge in [-0.15, -0.1) is 0 Å². The lowest BCUT2D eigenvalue weighted by Crippen LogP contribution is -2.35. The summed E-state index contributed by atoms with van der Waals surface area (Å²) >= 11 is 0. The van der Waals surface area contributed by atoms with Crippen LogP contribution in [0.2, 0.25) is 0 Å². The first kappa shape index (κ1) is 22.3. The molecule has 0 spiro atoms. The van der Waals surface area contributed by atoms with Gasteiger partial charge in [-0.1, -0.05) is 36.2 Å². The fourth-order valence-electron chi connectivity index (χ4n) is 3.61. The number of aryl methyl sites for hydroxylation is 2. The Labute approximate surface area is 179 Å². The van der Waals surface area contributed by atoms with Crippen molar-refractivity contribution in [3.8, 4) is 5.75 Å². The number of hydrogen-bond acceptors (Lipinski definition) is 4. The molecule has 7 heteroatoms. The largest absolute Gasteiger partial charge is 0.496 e. The van der Waals surface area contributed by atoms with Gasteiger partial charge in [-0.2, -0.15) is 4.31 Å². The number of sulfonamides is 1. The SMILES string of the molecule is COc1ccc(S(=O)(=O)N2CCCCC2)cc1CCC(=O)NCc1ccc(C)cc1. The van der Waals surface area contributed by atoms with Gasteiger partial charge in [-0.05, 0) is 55.5 Å². The van der Waals surface area contributed by atoms with E-state index in [0.29, 0.717) is 31.8 Å². The van der Waals surface area contributed by atoms with Crippen molar-refractivity contribution >= 4 is 15.9 Å². The van der Waals surface area contributed by atoms with Gasteiger partial charge in [0.2, 0.25) is 15.9 Å². The number of carbonyl (C=O) groups is 1. The summed E-state index contributed by atoms with van der Waals surface area (Å²) in [6.45, 7) is 3.62. The van der Waals surface area contributed by atoms with Gasteiger partial charge in [0, 0.05) is 26.1 Å². The molecule has 1 N–H and O–H groups in total. The van der Waals surface area contributed by atoms with Crippen LogP contribution in [0.3, 0.4) is 0 Å². The summed E-state index contributed by atoms with van der Waals surface area (Å²) < 4.78 is 32.9. The summed E-state index contributed by atoms with van der Waals surface area (Å²) in [5.74, 6) is 0.515. The third-order valence-corrected chi connectivity index (χ3v) is 7.33. The number of nitrogens with zero attached hydrogens (tertiary/aromatic N) is 1. The van der Waals surface area contributed by atoms with E-state index in [9.17, 15) is 13.2 Å². The number of amides is 1. The van der Waals surface area contributed by atoms with E-state index < -0.39 is 10.0 Å². The molecule has 3 rings (SSSR count). The number of benzene rings is 2. The lowest BCUT2D eigenvalue weighted by molar-refractivity contribution is -0.121. The molecular weight excluding hydrogens is 400 g/mol. The molecule has 1 fully saturated rings. The average Bonchev–Trinajstić information content (AvgIpc) is 2.77. The Kier molecular flexibility index (Phi) is 7.50. The third-order valence-electron chi connectivity index (χ3n) is 5.44. The second-order valence-corrected chi connectivity index (χ2v) is 9.64. The molecule has 162 valence electrons. The van der Waals surface area contributed by atoms with E-state index in [1.54, 1.807) is 29.6 Å².